The maximum absolute atomic E-state index is 4.26. The van der Waals surface area contributed by atoms with Crippen molar-refractivity contribution >= 4 is 5.69 Å². The fourth-order valence-electron chi connectivity index (χ4n) is 1.41. The van der Waals surface area contributed by atoms with Gasteiger partial charge >= 0.3 is 0 Å². The van der Waals surface area contributed by atoms with Gasteiger partial charge < -0.3 is 5.32 Å². The molecule has 0 unspecified atom stereocenters. The van der Waals surface area contributed by atoms with E-state index in [9.17, 15) is 0 Å². The van der Waals surface area contributed by atoms with Crippen LogP contribution in [-0.2, 0) is 6.54 Å². The first-order chi connectivity index (χ1) is 7.75. The Hall–Kier alpha value is -1.84. The largest absolute Gasteiger partial charge is 0.377 e. The molecule has 0 aromatic carbocycles. The molecule has 0 fully saturated rings. The molecular weight excluding hydrogens is 200 g/mol. The molecule has 2 aromatic rings. The maximum Gasteiger partial charge on any atom is 0.0729 e. The van der Waals surface area contributed by atoms with Crippen LogP contribution in [0.4, 0.5) is 5.69 Å². The second kappa shape index (κ2) is 4.79. The molecule has 84 valence electrons. The van der Waals surface area contributed by atoms with Crippen molar-refractivity contribution < 1.29 is 0 Å². The fraction of sp³-hybridized carbons (Fsp3) is 0.333. The van der Waals surface area contributed by atoms with Crippen molar-refractivity contribution in [2.24, 2.45) is 0 Å². The number of nitrogens with zero attached hydrogens (tertiary/aromatic N) is 3. The first-order valence-corrected chi connectivity index (χ1v) is 5.43. The Kier molecular flexibility index (Phi) is 3.19. The van der Waals surface area contributed by atoms with Crippen molar-refractivity contribution in [2.45, 2.75) is 26.4 Å². The molecule has 4 heteroatoms. The lowest BCUT2D eigenvalue weighted by molar-refractivity contribution is 0.532. The number of rotatable bonds is 4. The minimum absolute atomic E-state index is 0.394. The SMILES string of the molecule is CC(C)n1cc(NCc2ccccn2)cn1. The number of anilines is 1. The zero-order valence-corrected chi connectivity index (χ0v) is 9.59. The molecule has 0 aliphatic carbocycles. The van der Waals surface area contributed by atoms with Gasteiger partial charge in [-0.25, -0.2) is 0 Å². The number of aromatic nitrogens is 3. The smallest absolute Gasteiger partial charge is 0.0729 e. The normalized spacial score (nSPS) is 10.7. The van der Waals surface area contributed by atoms with Crippen molar-refractivity contribution in [3.05, 3.63) is 42.5 Å². The van der Waals surface area contributed by atoms with Crippen molar-refractivity contribution in [3.63, 3.8) is 0 Å². The zero-order valence-electron chi connectivity index (χ0n) is 9.59. The number of pyridine rings is 1. The summed E-state index contributed by atoms with van der Waals surface area (Å²) in [6, 6.07) is 6.30. The molecule has 0 aliphatic heterocycles. The van der Waals surface area contributed by atoms with Crippen LogP contribution in [0.5, 0.6) is 0 Å². The van der Waals surface area contributed by atoms with Crippen LogP contribution in [0.1, 0.15) is 25.6 Å². The maximum atomic E-state index is 4.26. The summed E-state index contributed by atoms with van der Waals surface area (Å²) in [7, 11) is 0. The fourth-order valence-corrected chi connectivity index (χ4v) is 1.41. The molecule has 1 N–H and O–H groups in total. The van der Waals surface area contributed by atoms with Crippen LogP contribution in [0.25, 0.3) is 0 Å². The number of hydrogen-bond acceptors (Lipinski definition) is 3. The zero-order chi connectivity index (χ0) is 11.4. The third-order valence-electron chi connectivity index (χ3n) is 2.33. The molecule has 0 radical (unpaired) electrons. The summed E-state index contributed by atoms with van der Waals surface area (Å²) in [5.41, 5.74) is 2.05. The Balaban J connectivity index is 1.95. The average molecular weight is 216 g/mol. The van der Waals surface area contributed by atoms with Gasteiger partial charge in [-0.3, -0.25) is 9.67 Å². The molecule has 0 saturated heterocycles. The lowest BCUT2D eigenvalue weighted by atomic mass is 10.3. The Morgan fingerprint density at radius 1 is 1.38 bits per heavy atom. The third kappa shape index (κ3) is 2.59. The molecule has 2 heterocycles. The van der Waals surface area contributed by atoms with Gasteiger partial charge in [-0.1, -0.05) is 6.07 Å². The summed E-state index contributed by atoms with van der Waals surface area (Å²) in [4.78, 5) is 4.25. The van der Waals surface area contributed by atoms with Crippen LogP contribution in [0.2, 0.25) is 0 Å². The second-order valence-electron chi connectivity index (χ2n) is 3.98. The van der Waals surface area contributed by atoms with Crippen LogP contribution in [0, 0.1) is 0 Å². The topological polar surface area (TPSA) is 42.7 Å². The summed E-state index contributed by atoms with van der Waals surface area (Å²) in [6.07, 6.45) is 5.64. The molecule has 0 aliphatic rings. The lowest BCUT2D eigenvalue weighted by Gasteiger charge is -2.04. The standard InChI is InChI=1S/C12H16N4/c1-10(2)16-9-12(8-15-16)14-7-11-5-3-4-6-13-11/h3-6,8-10,14H,7H2,1-2H3. The Bertz CT molecular complexity index is 433. The van der Waals surface area contributed by atoms with Gasteiger partial charge in [0, 0.05) is 18.4 Å². The summed E-state index contributed by atoms with van der Waals surface area (Å²) in [5, 5.41) is 7.55. The third-order valence-corrected chi connectivity index (χ3v) is 2.33. The van der Waals surface area contributed by atoms with Gasteiger partial charge in [-0.15, -0.1) is 0 Å². The molecule has 0 amide bonds. The van der Waals surface area contributed by atoms with Gasteiger partial charge in [0.25, 0.3) is 0 Å². The van der Waals surface area contributed by atoms with Gasteiger partial charge in [0.1, 0.15) is 0 Å². The molecule has 0 bridgehead atoms. The van der Waals surface area contributed by atoms with Crippen LogP contribution in [0.15, 0.2) is 36.8 Å². The molecule has 4 nitrogen and oxygen atoms in total. The Morgan fingerprint density at radius 2 is 2.25 bits per heavy atom. The van der Waals surface area contributed by atoms with E-state index in [-0.39, 0.29) is 0 Å². The summed E-state index contributed by atoms with van der Waals surface area (Å²) in [6.45, 7) is 4.94. The molecule has 2 aromatic heterocycles. The van der Waals surface area contributed by atoms with E-state index in [0.717, 1.165) is 17.9 Å². The molecule has 0 atom stereocenters. The van der Waals surface area contributed by atoms with Crippen molar-refractivity contribution in [1.29, 1.82) is 0 Å². The highest BCUT2D eigenvalue weighted by atomic mass is 15.3. The minimum atomic E-state index is 0.394. The van der Waals surface area contributed by atoms with Crippen molar-refractivity contribution in [1.82, 2.24) is 14.8 Å². The summed E-state index contributed by atoms with van der Waals surface area (Å²) >= 11 is 0. The highest BCUT2D eigenvalue weighted by molar-refractivity contribution is 5.38. The van der Waals surface area contributed by atoms with Crippen LogP contribution in [-0.4, -0.2) is 14.8 Å². The molecule has 16 heavy (non-hydrogen) atoms. The van der Waals surface area contributed by atoms with Crippen LogP contribution < -0.4 is 5.32 Å². The van der Waals surface area contributed by atoms with E-state index >= 15 is 0 Å². The quantitative estimate of drug-likeness (QED) is 0.853. The Morgan fingerprint density at radius 3 is 2.88 bits per heavy atom. The van der Waals surface area contributed by atoms with Gasteiger partial charge in [-0.05, 0) is 26.0 Å². The van der Waals surface area contributed by atoms with Gasteiger partial charge in [0.15, 0.2) is 0 Å². The Labute approximate surface area is 95.3 Å². The predicted molar refractivity (Wildman–Crippen MR) is 64.2 cm³/mol. The molecule has 0 saturated carbocycles. The van der Waals surface area contributed by atoms with Gasteiger partial charge in [-0.2, -0.15) is 5.10 Å². The number of nitrogens with one attached hydrogen (secondary N) is 1. The minimum Gasteiger partial charge on any atom is -0.377 e. The first kappa shape index (κ1) is 10.7. The van der Waals surface area contributed by atoms with E-state index in [1.165, 1.54) is 0 Å². The van der Waals surface area contributed by atoms with Crippen LogP contribution >= 0.6 is 0 Å². The summed E-state index contributed by atoms with van der Waals surface area (Å²) < 4.78 is 1.93. The monoisotopic (exact) mass is 216 g/mol. The average Bonchev–Trinajstić information content (AvgIpc) is 2.76. The van der Waals surface area contributed by atoms with E-state index in [1.54, 1.807) is 6.20 Å². The first-order valence-electron chi connectivity index (χ1n) is 5.43. The van der Waals surface area contributed by atoms with Gasteiger partial charge in [0.2, 0.25) is 0 Å². The van der Waals surface area contributed by atoms with Crippen LogP contribution in [0.3, 0.4) is 0 Å². The van der Waals surface area contributed by atoms with E-state index < -0.39 is 0 Å². The van der Waals surface area contributed by atoms with E-state index in [0.29, 0.717) is 6.04 Å². The number of hydrogen-bond donors (Lipinski definition) is 1. The van der Waals surface area contributed by atoms with E-state index in [4.69, 9.17) is 0 Å². The second-order valence-corrected chi connectivity index (χ2v) is 3.98. The lowest BCUT2D eigenvalue weighted by Crippen LogP contribution is -2.01. The van der Waals surface area contributed by atoms with E-state index in [1.807, 2.05) is 35.3 Å². The predicted octanol–water partition coefficient (Wildman–Crippen LogP) is 2.47. The van der Waals surface area contributed by atoms with Crippen molar-refractivity contribution in [3.8, 4) is 0 Å². The highest BCUT2D eigenvalue weighted by Gasteiger charge is 2.01. The molecule has 2 rings (SSSR count). The highest BCUT2D eigenvalue weighted by Crippen LogP contribution is 2.10. The van der Waals surface area contributed by atoms with Crippen molar-refractivity contribution in [2.75, 3.05) is 5.32 Å². The van der Waals surface area contributed by atoms with Gasteiger partial charge in [0.05, 0.1) is 24.1 Å². The van der Waals surface area contributed by atoms with E-state index in [2.05, 4.69) is 29.2 Å². The summed E-state index contributed by atoms with van der Waals surface area (Å²) in [5.74, 6) is 0. The molecule has 0 spiro atoms. The molecular formula is C12H16N4.